The molecule has 0 radical (unpaired) electrons. The highest BCUT2D eigenvalue weighted by atomic mass is 31.2. The van der Waals surface area contributed by atoms with E-state index in [1.807, 2.05) is 27.2 Å². The van der Waals surface area contributed by atoms with Crippen molar-refractivity contribution in [2.24, 2.45) is 0 Å². The number of hydrogen-bond acceptors (Lipinski definition) is 6. The zero-order valence-electron chi connectivity index (χ0n) is 30.3. The number of unbranched alkanes of at least 4 members (excludes halogenated alkanes) is 15. The van der Waals surface area contributed by atoms with Crippen molar-refractivity contribution in [2.45, 2.75) is 154 Å². The summed E-state index contributed by atoms with van der Waals surface area (Å²) in [5.41, 5.74) is 0. The lowest BCUT2D eigenvalue weighted by atomic mass is 10.1. The van der Waals surface area contributed by atoms with Crippen molar-refractivity contribution in [2.75, 3.05) is 40.9 Å². The quantitative estimate of drug-likeness (QED) is 0.0321. The Bertz CT molecular complexity index is 855. The van der Waals surface area contributed by atoms with Crippen LogP contribution in [0, 0.1) is 0 Å². The molecule has 0 spiro atoms. The fourth-order valence-corrected chi connectivity index (χ4v) is 5.55. The molecule has 46 heavy (non-hydrogen) atoms. The van der Waals surface area contributed by atoms with Gasteiger partial charge in [-0.3, -0.25) is 9.36 Å². The highest BCUT2D eigenvalue weighted by molar-refractivity contribution is 7.45. The molecule has 0 aliphatic heterocycles. The van der Waals surface area contributed by atoms with Crippen molar-refractivity contribution in [3.05, 3.63) is 36.5 Å². The smallest absolute Gasteiger partial charge is 0.268 e. The van der Waals surface area contributed by atoms with Gasteiger partial charge in [0.1, 0.15) is 13.2 Å². The number of likely N-dealkylation sites (N-methyl/N-ethyl adjacent to an activating group) is 1. The first-order chi connectivity index (χ1) is 22.0. The van der Waals surface area contributed by atoms with Gasteiger partial charge in [-0.15, -0.1) is 0 Å². The van der Waals surface area contributed by atoms with E-state index in [1.54, 1.807) is 6.08 Å². The van der Waals surface area contributed by atoms with Gasteiger partial charge in [0.15, 0.2) is 0 Å². The van der Waals surface area contributed by atoms with Crippen LogP contribution in [-0.2, 0) is 18.4 Å². The average Bonchev–Trinajstić information content (AvgIpc) is 2.99. The number of aliphatic hydroxyl groups excluding tert-OH is 1. The van der Waals surface area contributed by atoms with E-state index >= 15 is 0 Å². The second kappa shape index (κ2) is 29.8. The van der Waals surface area contributed by atoms with Crippen LogP contribution in [0.15, 0.2) is 36.5 Å². The summed E-state index contributed by atoms with van der Waals surface area (Å²) in [5.74, 6) is -0.227. The zero-order chi connectivity index (χ0) is 34.4. The van der Waals surface area contributed by atoms with E-state index in [0.29, 0.717) is 17.4 Å². The van der Waals surface area contributed by atoms with Crippen molar-refractivity contribution in [3.63, 3.8) is 0 Å². The molecule has 8 nitrogen and oxygen atoms in total. The lowest BCUT2D eigenvalue weighted by Crippen LogP contribution is -2.45. The molecule has 0 rings (SSSR count). The van der Waals surface area contributed by atoms with Crippen molar-refractivity contribution in [1.29, 1.82) is 0 Å². The highest BCUT2D eigenvalue weighted by Gasteiger charge is 2.23. The molecule has 0 fully saturated rings. The Labute approximate surface area is 283 Å². The maximum Gasteiger partial charge on any atom is 0.268 e. The number of carbonyl (C=O) groups excluding carboxylic acids is 1. The minimum atomic E-state index is -4.58. The molecule has 3 atom stereocenters. The standard InChI is InChI=1S/C37H71N2O6P/c1-6-8-10-12-13-14-15-16-17-18-19-20-21-22-23-24-25-27-28-30-36(40)35(38-37(41)31-29-26-11-9-7-2)34-45-46(42,43)44-33-32-39(3,4)5/h19-20,23-24,28,30,35-36,40H,6-18,21-22,25-27,29,31-34H2,1-5H3,(H-,38,41,42,43)/b20-19+,24-23+,30-28+. The summed E-state index contributed by atoms with van der Waals surface area (Å²) < 4.78 is 22.9. The van der Waals surface area contributed by atoms with Crippen LogP contribution < -0.4 is 10.2 Å². The predicted molar refractivity (Wildman–Crippen MR) is 191 cm³/mol. The number of quaternary nitrogens is 1. The second-order valence-electron chi connectivity index (χ2n) is 13.6. The van der Waals surface area contributed by atoms with E-state index in [4.69, 9.17) is 9.05 Å². The number of hydrogen-bond donors (Lipinski definition) is 2. The second-order valence-corrected chi connectivity index (χ2v) is 15.0. The minimum Gasteiger partial charge on any atom is -0.756 e. The molecule has 2 N–H and O–H groups in total. The molecule has 3 unspecified atom stereocenters. The van der Waals surface area contributed by atoms with Crippen LogP contribution in [0.2, 0.25) is 0 Å². The topological polar surface area (TPSA) is 108 Å². The third-order valence-electron chi connectivity index (χ3n) is 7.83. The normalized spacial score (nSPS) is 15.2. The van der Waals surface area contributed by atoms with E-state index in [1.165, 1.54) is 64.2 Å². The lowest BCUT2D eigenvalue weighted by Gasteiger charge is -2.29. The maximum atomic E-state index is 12.6. The molecular formula is C37H71N2O6P. The number of aliphatic hydroxyl groups is 1. The summed E-state index contributed by atoms with van der Waals surface area (Å²) >= 11 is 0. The van der Waals surface area contributed by atoms with Gasteiger partial charge in [0.05, 0.1) is 39.9 Å². The van der Waals surface area contributed by atoms with E-state index in [2.05, 4.69) is 43.5 Å². The van der Waals surface area contributed by atoms with Crippen LogP contribution in [0.1, 0.15) is 142 Å². The van der Waals surface area contributed by atoms with Crippen molar-refractivity contribution < 1.29 is 32.9 Å². The summed E-state index contributed by atoms with van der Waals surface area (Å²) in [6, 6.07) is -0.901. The van der Waals surface area contributed by atoms with Crippen molar-refractivity contribution in [1.82, 2.24) is 5.32 Å². The summed E-state index contributed by atoms with van der Waals surface area (Å²) in [5, 5.41) is 13.5. The first-order valence-electron chi connectivity index (χ1n) is 18.4. The first-order valence-corrected chi connectivity index (χ1v) is 19.8. The lowest BCUT2D eigenvalue weighted by molar-refractivity contribution is -0.870. The highest BCUT2D eigenvalue weighted by Crippen LogP contribution is 2.38. The van der Waals surface area contributed by atoms with E-state index in [0.717, 1.165) is 57.8 Å². The van der Waals surface area contributed by atoms with Gasteiger partial charge >= 0.3 is 0 Å². The Kier molecular flexibility index (Phi) is 29.0. The van der Waals surface area contributed by atoms with E-state index in [9.17, 15) is 19.4 Å². The van der Waals surface area contributed by atoms with Crippen molar-refractivity contribution in [3.8, 4) is 0 Å². The molecule has 0 aliphatic rings. The molecular weight excluding hydrogens is 599 g/mol. The first kappa shape index (κ1) is 44.7. The van der Waals surface area contributed by atoms with Gasteiger partial charge < -0.3 is 28.8 Å². The molecule has 1 amide bonds. The fraction of sp³-hybridized carbons (Fsp3) is 0.811. The van der Waals surface area contributed by atoms with Crippen LogP contribution in [0.3, 0.4) is 0 Å². The number of allylic oxidation sites excluding steroid dienone is 5. The number of nitrogens with one attached hydrogen (secondary N) is 1. The largest absolute Gasteiger partial charge is 0.756 e. The predicted octanol–water partition coefficient (Wildman–Crippen LogP) is 8.55. The van der Waals surface area contributed by atoms with Gasteiger partial charge in [-0.1, -0.05) is 127 Å². The monoisotopic (exact) mass is 671 g/mol. The van der Waals surface area contributed by atoms with Crippen LogP contribution in [-0.4, -0.2) is 68.5 Å². The van der Waals surface area contributed by atoms with Gasteiger partial charge in [-0.2, -0.15) is 0 Å². The van der Waals surface area contributed by atoms with Gasteiger partial charge in [-0.05, 0) is 44.9 Å². The van der Waals surface area contributed by atoms with Crippen LogP contribution in [0.5, 0.6) is 0 Å². The number of amides is 1. The van der Waals surface area contributed by atoms with E-state index in [-0.39, 0.29) is 12.5 Å². The third kappa shape index (κ3) is 31.3. The fourth-order valence-electron chi connectivity index (χ4n) is 4.83. The Hall–Kier alpha value is -1.28. The summed E-state index contributed by atoms with van der Waals surface area (Å²) in [6.07, 6.45) is 33.8. The van der Waals surface area contributed by atoms with Crippen LogP contribution in [0.25, 0.3) is 0 Å². The Morgan fingerprint density at radius 2 is 1.22 bits per heavy atom. The van der Waals surface area contributed by atoms with E-state index < -0.39 is 26.6 Å². The number of phosphoric acid groups is 1. The average molecular weight is 671 g/mol. The molecule has 0 heterocycles. The molecule has 0 aromatic heterocycles. The molecule has 9 heteroatoms. The Morgan fingerprint density at radius 1 is 0.739 bits per heavy atom. The molecule has 0 bridgehead atoms. The Balaban J connectivity index is 4.46. The summed E-state index contributed by atoms with van der Waals surface area (Å²) in [4.78, 5) is 24.8. The maximum absolute atomic E-state index is 12.6. The minimum absolute atomic E-state index is 0.00924. The molecule has 0 aromatic carbocycles. The van der Waals surface area contributed by atoms with Gasteiger partial charge in [0.2, 0.25) is 5.91 Å². The van der Waals surface area contributed by atoms with Crippen molar-refractivity contribution >= 4 is 13.7 Å². The van der Waals surface area contributed by atoms with Gasteiger partial charge in [0, 0.05) is 6.42 Å². The molecule has 0 aromatic rings. The molecule has 0 saturated heterocycles. The molecule has 0 saturated carbocycles. The SMILES string of the molecule is CCCCCCCCCCC/C=C/CC/C=C/CC/C=C/C(O)C(COP(=O)([O-])OCC[N+](C)(C)C)NC(=O)CCCCCCC. The summed E-state index contributed by atoms with van der Waals surface area (Å²) in [7, 11) is 1.23. The van der Waals surface area contributed by atoms with Gasteiger partial charge in [-0.25, -0.2) is 0 Å². The number of phosphoric ester groups is 1. The number of rotatable bonds is 32. The summed E-state index contributed by atoms with van der Waals surface area (Å²) in [6.45, 7) is 4.49. The Morgan fingerprint density at radius 3 is 1.76 bits per heavy atom. The molecule has 0 aliphatic carbocycles. The zero-order valence-corrected chi connectivity index (χ0v) is 31.2. The van der Waals surface area contributed by atoms with Crippen LogP contribution in [0.4, 0.5) is 0 Å². The third-order valence-corrected chi connectivity index (χ3v) is 8.79. The number of nitrogens with zero attached hydrogens (tertiary/aromatic N) is 1. The molecule has 270 valence electrons. The number of carbonyl (C=O) groups is 1. The van der Waals surface area contributed by atoms with Gasteiger partial charge in [0.25, 0.3) is 7.82 Å². The van der Waals surface area contributed by atoms with Crippen LogP contribution >= 0.6 is 7.82 Å².